The number of nitrogens with one attached hydrogen (secondary N) is 1. The molecule has 3 aromatic rings. The van der Waals surface area contributed by atoms with Crippen molar-refractivity contribution in [2.45, 2.75) is 13.5 Å². The van der Waals surface area contributed by atoms with Crippen LogP contribution in [0, 0.1) is 17.0 Å². The van der Waals surface area contributed by atoms with Crippen molar-refractivity contribution in [2.24, 2.45) is 0 Å². The van der Waals surface area contributed by atoms with E-state index in [1.165, 1.54) is 18.2 Å². The second-order valence-electron chi connectivity index (χ2n) is 5.78. The Balaban J connectivity index is 1.58. The summed E-state index contributed by atoms with van der Waals surface area (Å²) in [7, 11) is 0. The first-order valence-electron chi connectivity index (χ1n) is 8.17. The summed E-state index contributed by atoms with van der Waals surface area (Å²) in [5, 5.41) is 13.6. The molecule has 132 valence electrons. The maximum atomic E-state index is 12.0. The second kappa shape index (κ2) is 7.60. The smallest absolute Gasteiger partial charge is 0.270 e. The Morgan fingerprint density at radius 3 is 2.88 bits per heavy atom. The van der Waals surface area contributed by atoms with Gasteiger partial charge in [-0.2, -0.15) is 0 Å². The summed E-state index contributed by atoms with van der Waals surface area (Å²) < 4.78 is 2.06. The van der Waals surface area contributed by atoms with Crippen LogP contribution in [0.2, 0.25) is 0 Å². The average molecular weight is 350 g/mol. The number of fused-ring (bicyclic) bond motifs is 1. The molecule has 7 nitrogen and oxygen atoms in total. The molecule has 3 rings (SSSR count). The number of non-ortho nitro benzene ring substituents is 1. The fourth-order valence-corrected chi connectivity index (χ4v) is 2.74. The number of amides is 1. The van der Waals surface area contributed by atoms with Gasteiger partial charge in [-0.15, -0.1) is 0 Å². The Kier molecular flexibility index (Phi) is 5.07. The molecule has 1 amide bonds. The number of nitro benzene ring substituents is 1. The third-order valence-electron chi connectivity index (χ3n) is 3.99. The molecular weight excluding hydrogens is 332 g/mol. The molecule has 0 aliphatic carbocycles. The molecule has 0 unspecified atom stereocenters. The van der Waals surface area contributed by atoms with Gasteiger partial charge in [0.2, 0.25) is 5.91 Å². The van der Waals surface area contributed by atoms with Crippen LogP contribution < -0.4 is 5.32 Å². The number of hydrogen-bond donors (Lipinski definition) is 1. The molecule has 0 radical (unpaired) electrons. The van der Waals surface area contributed by atoms with Crippen LogP contribution in [0.25, 0.3) is 17.1 Å². The van der Waals surface area contributed by atoms with Gasteiger partial charge in [-0.3, -0.25) is 14.9 Å². The highest BCUT2D eigenvalue weighted by molar-refractivity contribution is 5.91. The van der Waals surface area contributed by atoms with Gasteiger partial charge >= 0.3 is 0 Å². The molecule has 26 heavy (non-hydrogen) atoms. The van der Waals surface area contributed by atoms with Gasteiger partial charge in [-0.05, 0) is 30.7 Å². The fourth-order valence-electron chi connectivity index (χ4n) is 2.74. The van der Waals surface area contributed by atoms with Crippen LogP contribution in [0.3, 0.4) is 0 Å². The maximum Gasteiger partial charge on any atom is 0.270 e. The summed E-state index contributed by atoms with van der Waals surface area (Å²) in [6, 6.07) is 14.0. The Hall–Kier alpha value is -3.48. The molecule has 1 N–H and O–H groups in total. The molecule has 0 bridgehead atoms. The molecule has 0 atom stereocenters. The van der Waals surface area contributed by atoms with E-state index >= 15 is 0 Å². The predicted octanol–water partition coefficient (Wildman–Crippen LogP) is 3.08. The topological polar surface area (TPSA) is 90.1 Å². The average Bonchev–Trinajstić information content (AvgIpc) is 2.96. The van der Waals surface area contributed by atoms with E-state index in [0.717, 1.165) is 16.9 Å². The first-order chi connectivity index (χ1) is 12.5. The van der Waals surface area contributed by atoms with Crippen molar-refractivity contribution in [3.63, 3.8) is 0 Å². The van der Waals surface area contributed by atoms with Gasteiger partial charge in [0.1, 0.15) is 5.82 Å². The lowest BCUT2D eigenvalue weighted by atomic mass is 10.2. The first-order valence-corrected chi connectivity index (χ1v) is 8.17. The standard InChI is InChI=1S/C19H18N4O3/c1-14-21-17-7-2-3-8-18(17)22(14)12-11-20-19(24)10-9-15-5-4-6-16(13-15)23(25)26/h2-10,13H,11-12H2,1H3,(H,20,24)/b10-9+. The normalized spacial score (nSPS) is 11.1. The van der Waals surface area contributed by atoms with Crippen LogP contribution in [-0.4, -0.2) is 26.9 Å². The summed E-state index contributed by atoms with van der Waals surface area (Å²) in [4.78, 5) is 26.7. The van der Waals surface area contributed by atoms with Crippen molar-refractivity contribution in [3.05, 3.63) is 76.1 Å². The molecule has 0 aliphatic rings. The number of rotatable bonds is 6. The molecule has 1 heterocycles. The van der Waals surface area contributed by atoms with E-state index in [2.05, 4.69) is 14.9 Å². The number of aromatic nitrogens is 2. The number of nitrogens with zero attached hydrogens (tertiary/aromatic N) is 3. The van der Waals surface area contributed by atoms with Gasteiger partial charge in [0.05, 0.1) is 16.0 Å². The van der Waals surface area contributed by atoms with E-state index in [-0.39, 0.29) is 11.6 Å². The zero-order valence-electron chi connectivity index (χ0n) is 14.3. The van der Waals surface area contributed by atoms with Gasteiger partial charge in [0.25, 0.3) is 5.69 Å². The highest BCUT2D eigenvalue weighted by Gasteiger charge is 2.07. The molecular formula is C19H18N4O3. The lowest BCUT2D eigenvalue weighted by Gasteiger charge is -2.07. The SMILES string of the molecule is Cc1nc2ccccc2n1CCNC(=O)/C=C/c1cccc([N+](=O)[O-])c1. The van der Waals surface area contributed by atoms with E-state index in [1.807, 2.05) is 31.2 Å². The Morgan fingerprint density at radius 2 is 2.08 bits per heavy atom. The molecule has 0 fully saturated rings. The number of hydrogen-bond acceptors (Lipinski definition) is 4. The number of carbonyl (C=O) groups is 1. The van der Waals surface area contributed by atoms with Crippen LogP contribution in [0.5, 0.6) is 0 Å². The monoisotopic (exact) mass is 350 g/mol. The predicted molar refractivity (Wildman–Crippen MR) is 99.6 cm³/mol. The highest BCUT2D eigenvalue weighted by Crippen LogP contribution is 2.15. The minimum atomic E-state index is -0.463. The van der Waals surface area contributed by atoms with Crippen LogP contribution in [0.15, 0.2) is 54.6 Å². The molecule has 0 spiro atoms. The van der Waals surface area contributed by atoms with E-state index in [4.69, 9.17) is 0 Å². The largest absolute Gasteiger partial charge is 0.351 e. The van der Waals surface area contributed by atoms with Crippen molar-refractivity contribution in [3.8, 4) is 0 Å². The minimum absolute atomic E-state index is 0.00461. The van der Waals surface area contributed by atoms with Crippen molar-refractivity contribution < 1.29 is 9.72 Å². The lowest BCUT2D eigenvalue weighted by Crippen LogP contribution is -2.25. The number of nitro groups is 1. The van der Waals surface area contributed by atoms with Crippen molar-refractivity contribution in [1.29, 1.82) is 0 Å². The Labute approximate surface area is 150 Å². The van der Waals surface area contributed by atoms with E-state index in [9.17, 15) is 14.9 Å². The Morgan fingerprint density at radius 1 is 1.27 bits per heavy atom. The summed E-state index contributed by atoms with van der Waals surface area (Å²) in [6.07, 6.45) is 2.93. The number of carbonyl (C=O) groups excluding carboxylic acids is 1. The van der Waals surface area contributed by atoms with Crippen LogP contribution >= 0.6 is 0 Å². The van der Waals surface area contributed by atoms with Crippen molar-refractivity contribution in [1.82, 2.24) is 14.9 Å². The van der Waals surface area contributed by atoms with E-state index in [1.54, 1.807) is 18.2 Å². The number of benzene rings is 2. The number of aryl methyl sites for hydroxylation is 1. The fraction of sp³-hybridized carbons (Fsp3) is 0.158. The zero-order valence-corrected chi connectivity index (χ0v) is 14.3. The molecule has 0 saturated carbocycles. The van der Waals surface area contributed by atoms with Crippen LogP contribution in [0.4, 0.5) is 5.69 Å². The van der Waals surface area contributed by atoms with E-state index in [0.29, 0.717) is 18.7 Å². The Bertz CT molecular complexity index is 991. The summed E-state index contributed by atoms with van der Waals surface area (Å²) >= 11 is 0. The summed E-state index contributed by atoms with van der Waals surface area (Å²) in [5.41, 5.74) is 2.56. The zero-order chi connectivity index (χ0) is 18.5. The van der Waals surface area contributed by atoms with Gasteiger partial charge < -0.3 is 9.88 Å². The molecule has 0 saturated heterocycles. The second-order valence-corrected chi connectivity index (χ2v) is 5.78. The van der Waals surface area contributed by atoms with E-state index < -0.39 is 4.92 Å². The number of para-hydroxylation sites is 2. The van der Waals surface area contributed by atoms with Gasteiger partial charge in [-0.25, -0.2) is 4.98 Å². The van der Waals surface area contributed by atoms with Gasteiger partial charge in [0, 0.05) is 31.3 Å². The molecule has 1 aromatic heterocycles. The highest BCUT2D eigenvalue weighted by atomic mass is 16.6. The minimum Gasteiger partial charge on any atom is -0.351 e. The first kappa shape index (κ1) is 17.3. The third-order valence-corrected chi connectivity index (χ3v) is 3.99. The van der Waals surface area contributed by atoms with Crippen LogP contribution in [-0.2, 0) is 11.3 Å². The summed E-state index contributed by atoms with van der Waals surface area (Å²) in [6.45, 7) is 3.01. The van der Waals surface area contributed by atoms with Crippen molar-refractivity contribution >= 4 is 28.7 Å². The lowest BCUT2D eigenvalue weighted by molar-refractivity contribution is -0.384. The maximum absolute atomic E-state index is 12.0. The molecule has 7 heteroatoms. The van der Waals surface area contributed by atoms with Crippen molar-refractivity contribution in [2.75, 3.05) is 6.54 Å². The molecule has 0 aliphatic heterocycles. The number of imidazole rings is 1. The third kappa shape index (κ3) is 3.94. The van der Waals surface area contributed by atoms with Gasteiger partial charge in [0.15, 0.2) is 0 Å². The summed E-state index contributed by atoms with van der Waals surface area (Å²) in [5.74, 6) is 0.645. The van der Waals surface area contributed by atoms with Gasteiger partial charge in [-0.1, -0.05) is 24.3 Å². The van der Waals surface area contributed by atoms with Crippen LogP contribution in [0.1, 0.15) is 11.4 Å². The quantitative estimate of drug-likeness (QED) is 0.420. The molecule has 2 aromatic carbocycles.